The molecule has 0 saturated heterocycles. The van der Waals surface area contributed by atoms with Crippen molar-refractivity contribution < 1.29 is 48.1 Å². The normalized spacial score (nSPS) is 10.7. The van der Waals surface area contributed by atoms with Crippen molar-refractivity contribution in [1.29, 1.82) is 0 Å². The van der Waals surface area contributed by atoms with Crippen LogP contribution >= 0.6 is 0 Å². The van der Waals surface area contributed by atoms with Gasteiger partial charge in [-0.05, 0) is 51.1 Å². The van der Waals surface area contributed by atoms with E-state index in [1.165, 1.54) is 93.2 Å². The molecule has 0 nitrogen and oxygen atoms in total. The predicted octanol–water partition coefficient (Wildman–Crippen LogP) is 8.96. The Morgan fingerprint density at radius 1 is 0.473 bits per heavy atom. The molecule has 0 spiro atoms. The van der Waals surface area contributed by atoms with Gasteiger partial charge in [-0.3, -0.25) is 0 Å². The van der Waals surface area contributed by atoms with E-state index in [-0.39, 0.29) is 30.2 Å². The summed E-state index contributed by atoms with van der Waals surface area (Å²) in [6.07, 6.45) is 0. The Morgan fingerprint density at radius 2 is 0.982 bits per heavy atom. The van der Waals surface area contributed by atoms with Crippen molar-refractivity contribution in [2.75, 3.05) is 0 Å². The maximum atomic E-state index is 2.38. The fourth-order valence-corrected chi connectivity index (χ4v) is 7.36. The summed E-state index contributed by atoms with van der Waals surface area (Å²) in [5, 5.41) is 10.5. The number of halogens is 2. The van der Waals surface area contributed by atoms with Crippen LogP contribution in [0.2, 0.25) is 13.1 Å². The molecule has 0 unspecified atom stereocenters. The van der Waals surface area contributed by atoms with Gasteiger partial charge in [0, 0.05) is 0 Å². The summed E-state index contributed by atoms with van der Waals surface area (Å²) in [5.41, 5.74) is 12.1. The van der Waals surface area contributed by atoms with Crippen molar-refractivity contribution in [1.82, 2.24) is 0 Å². The van der Waals surface area contributed by atoms with Crippen LogP contribution in [-0.4, -0.2) is 5.43 Å². The second-order valence-corrected chi connectivity index (χ2v) is 24.1. The minimum absolute atomic E-state index is 0. The summed E-state index contributed by atoms with van der Waals surface area (Å²) in [5.74, 6) is 0.582. The molecule has 9 rings (SSSR count). The van der Waals surface area contributed by atoms with Crippen LogP contribution in [0, 0.1) is 13.8 Å². The standard InChI is InChI=1S/C30H21.C19H19.C2H6Si.2ClH.Zr/c1-20-16-23-18-24(27-14-6-10-21-8-2-4-12-25(21)27)19-30(29(23)17-20)28-15-7-11-22-9-3-5-13-26(22)28;1-13(2)17-11-16-5-4-6-18(19(16)12-17)15-9-7-14(3)8-10-15;1-3-2;;;/h2-19H,1H3;4-13H,1-3H3;1-2H3;2*1H;/q2*-1;;;;+2/p-2. The molecule has 0 heterocycles. The van der Waals surface area contributed by atoms with Crippen molar-refractivity contribution in [3.8, 4) is 33.4 Å². The van der Waals surface area contributed by atoms with E-state index in [0.717, 1.165) is 0 Å². The van der Waals surface area contributed by atoms with E-state index in [4.69, 9.17) is 0 Å². The van der Waals surface area contributed by atoms with Gasteiger partial charge in [0.15, 0.2) is 0 Å². The maximum Gasteiger partial charge on any atom is -0.0114 e. The minimum Gasteiger partial charge on any atom is -1.00 e. The van der Waals surface area contributed by atoms with Crippen LogP contribution in [0.1, 0.15) is 36.5 Å². The Labute approximate surface area is 354 Å². The van der Waals surface area contributed by atoms with E-state index in [2.05, 4.69) is 205 Å². The molecule has 0 aliphatic heterocycles. The second-order valence-electron chi connectivity index (χ2n) is 14.7. The Morgan fingerprint density at radius 3 is 1.60 bits per heavy atom. The van der Waals surface area contributed by atoms with Crippen molar-refractivity contribution in [2.45, 2.75) is 46.7 Å². The van der Waals surface area contributed by atoms with Crippen LogP contribution < -0.4 is 24.8 Å². The fourth-order valence-electron chi connectivity index (χ4n) is 7.36. The number of hydrogen-bond donors (Lipinski definition) is 0. The molecule has 0 saturated carbocycles. The average molecular weight is 849 g/mol. The third kappa shape index (κ3) is 9.50. The SMILES string of the molecule is C[Si](C)=[Zr+2].Cc1cc2c(-c3cccc4ccccc34)cc(-c3cccc4ccccc34)cc2[cH-]1.Cc1ccc(-c2cccc3[cH-]c(C(C)C)cc23)cc1.[Cl-].[Cl-]. The van der Waals surface area contributed by atoms with E-state index >= 15 is 0 Å². The van der Waals surface area contributed by atoms with Gasteiger partial charge in [0.1, 0.15) is 0 Å². The van der Waals surface area contributed by atoms with Gasteiger partial charge in [0.05, 0.1) is 0 Å². The molecule has 55 heavy (non-hydrogen) atoms. The fraction of sp³-hybridized carbons (Fsp3) is 0.137. The molecule has 0 N–H and O–H groups in total. The van der Waals surface area contributed by atoms with Crippen molar-refractivity contribution >= 4 is 48.5 Å². The van der Waals surface area contributed by atoms with E-state index in [1.807, 2.05) is 0 Å². The topological polar surface area (TPSA) is 0 Å². The number of hydrogen-bond acceptors (Lipinski definition) is 0. The molecular weight excluding hydrogens is 803 g/mol. The predicted molar refractivity (Wildman–Crippen MR) is 231 cm³/mol. The molecule has 9 aromatic rings. The van der Waals surface area contributed by atoms with Gasteiger partial charge in [-0.1, -0.05) is 164 Å². The molecule has 0 amide bonds. The summed E-state index contributed by atoms with van der Waals surface area (Å²) >= 11 is 1.74. The zero-order chi connectivity index (χ0) is 37.1. The van der Waals surface area contributed by atoms with Crippen LogP contribution in [0.15, 0.2) is 164 Å². The molecule has 0 aliphatic carbocycles. The molecule has 9 aromatic carbocycles. The zero-order valence-electron chi connectivity index (χ0n) is 32.4. The van der Waals surface area contributed by atoms with Crippen molar-refractivity contribution in [2.24, 2.45) is 0 Å². The third-order valence-electron chi connectivity index (χ3n) is 9.95. The molecule has 0 radical (unpaired) electrons. The van der Waals surface area contributed by atoms with Gasteiger partial charge in [-0.15, -0.1) is 63.0 Å². The van der Waals surface area contributed by atoms with Gasteiger partial charge in [-0.25, -0.2) is 0 Å². The van der Waals surface area contributed by atoms with Crippen LogP contribution in [-0.2, 0) is 23.3 Å². The monoisotopic (exact) mass is 846 g/mol. The summed E-state index contributed by atoms with van der Waals surface area (Å²) in [6, 6.07) is 59.9. The first-order chi connectivity index (χ1) is 25.7. The molecular formula is C51H46Cl2SiZr-2. The average Bonchev–Trinajstić information content (AvgIpc) is 3.78. The number of benzene rings is 7. The molecule has 274 valence electrons. The minimum atomic E-state index is 0. The zero-order valence-corrected chi connectivity index (χ0v) is 37.4. The first-order valence-corrected chi connectivity index (χ1v) is 24.8. The van der Waals surface area contributed by atoms with E-state index < -0.39 is 0 Å². The maximum absolute atomic E-state index is 2.38. The summed E-state index contributed by atoms with van der Waals surface area (Å²) < 4.78 is 0. The second kappa shape index (κ2) is 18.7. The van der Waals surface area contributed by atoms with Crippen LogP contribution in [0.3, 0.4) is 0 Å². The van der Waals surface area contributed by atoms with Crippen molar-refractivity contribution in [3.63, 3.8) is 0 Å². The van der Waals surface area contributed by atoms with E-state index in [1.54, 1.807) is 23.3 Å². The first kappa shape index (κ1) is 42.1. The smallest absolute Gasteiger partial charge is 0.0114 e. The third-order valence-corrected chi connectivity index (χ3v) is 9.95. The molecule has 4 heteroatoms. The van der Waals surface area contributed by atoms with Crippen LogP contribution in [0.4, 0.5) is 0 Å². The van der Waals surface area contributed by atoms with Crippen molar-refractivity contribution in [3.05, 3.63) is 180 Å². The van der Waals surface area contributed by atoms with Gasteiger partial charge < -0.3 is 24.8 Å². The molecule has 0 atom stereocenters. The number of fused-ring (bicyclic) bond motifs is 4. The van der Waals surface area contributed by atoms with Crippen LogP contribution in [0.5, 0.6) is 0 Å². The van der Waals surface area contributed by atoms with Gasteiger partial charge in [0.2, 0.25) is 0 Å². The summed E-state index contributed by atoms with van der Waals surface area (Å²) in [6.45, 7) is 13.4. The molecule has 0 bridgehead atoms. The first-order valence-electron chi connectivity index (χ1n) is 18.6. The van der Waals surface area contributed by atoms with Gasteiger partial charge in [0.25, 0.3) is 0 Å². The molecule has 0 fully saturated rings. The Bertz CT molecular complexity index is 2700. The summed E-state index contributed by atoms with van der Waals surface area (Å²) in [7, 11) is 0. The largest absolute Gasteiger partial charge is 1.00 e. The molecule has 0 aromatic heterocycles. The number of rotatable bonds is 4. The Hall–Kier alpha value is -4.04. The molecule has 0 aliphatic rings. The van der Waals surface area contributed by atoms with E-state index in [9.17, 15) is 0 Å². The van der Waals surface area contributed by atoms with Gasteiger partial charge in [-0.2, -0.15) is 12.1 Å². The quantitative estimate of drug-likeness (QED) is 0.123. The van der Waals surface area contributed by atoms with Crippen LogP contribution in [0.25, 0.3) is 76.5 Å². The summed E-state index contributed by atoms with van der Waals surface area (Å²) in [4.78, 5) is 0. The van der Waals surface area contributed by atoms with Gasteiger partial charge >= 0.3 is 41.9 Å². The Balaban J connectivity index is 0.000000201. The van der Waals surface area contributed by atoms with E-state index in [0.29, 0.717) is 5.92 Å². The Kier molecular flexibility index (Phi) is 14.3. The number of aryl methyl sites for hydroxylation is 2.